The van der Waals surface area contributed by atoms with Gasteiger partial charge in [-0.15, -0.1) is 0 Å². The first kappa shape index (κ1) is 15.0. The van der Waals surface area contributed by atoms with Gasteiger partial charge in [-0.05, 0) is 18.2 Å². The fourth-order valence-corrected chi connectivity index (χ4v) is 2.33. The van der Waals surface area contributed by atoms with Gasteiger partial charge in [0.05, 0.1) is 0 Å². The van der Waals surface area contributed by atoms with E-state index in [0.717, 1.165) is 18.2 Å². The Kier molecular flexibility index (Phi) is 4.14. The summed E-state index contributed by atoms with van der Waals surface area (Å²) in [5, 5.41) is -0.513. The molecule has 106 valence electrons. The molecule has 0 saturated carbocycles. The van der Waals surface area contributed by atoms with Gasteiger partial charge in [0.2, 0.25) is 5.82 Å². The van der Waals surface area contributed by atoms with Gasteiger partial charge in [0.15, 0.2) is 11.6 Å². The second-order valence-corrected chi connectivity index (χ2v) is 5.01. The molecule has 0 fully saturated rings. The normalized spacial score (nSPS) is 11.7. The van der Waals surface area contributed by atoms with Crippen LogP contribution in [-0.4, -0.2) is 9.97 Å². The van der Waals surface area contributed by atoms with Gasteiger partial charge >= 0.3 is 6.18 Å². The van der Waals surface area contributed by atoms with E-state index in [0.29, 0.717) is 11.8 Å². The Bertz CT molecular complexity index is 647. The SMILES string of the molecule is Fc1ccc(Sc2cc(Cl)nc(C(F)(F)F)n2)cc1F. The largest absolute Gasteiger partial charge is 0.451 e. The number of benzene rings is 1. The number of halogens is 6. The highest BCUT2D eigenvalue weighted by Gasteiger charge is 2.35. The molecule has 20 heavy (non-hydrogen) atoms. The van der Waals surface area contributed by atoms with E-state index in [2.05, 4.69) is 9.97 Å². The molecule has 0 unspecified atom stereocenters. The van der Waals surface area contributed by atoms with Crippen LogP contribution in [0.2, 0.25) is 5.15 Å². The lowest BCUT2D eigenvalue weighted by molar-refractivity contribution is -0.145. The minimum Gasteiger partial charge on any atom is -0.217 e. The highest BCUT2D eigenvalue weighted by atomic mass is 35.5. The Morgan fingerprint density at radius 2 is 1.70 bits per heavy atom. The summed E-state index contributed by atoms with van der Waals surface area (Å²) in [6, 6.07) is 4.03. The van der Waals surface area contributed by atoms with Crippen LogP contribution >= 0.6 is 23.4 Å². The molecule has 1 aromatic heterocycles. The predicted molar refractivity (Wildman–Crippen MR) is 62.5 cm³/mol. The van der Waals surface area contributed by atoms with Crippen molar-refractivity contribution in [2.75, 3.05) is 0 Å². The lowest BCUT2D eigenvalue weighted by Crippen LogP contribution is -2.11. The molecule has 0 atom stereocenters. The smallest absolute Gasteiger partial charge is 0.217 e. The molecule has 2 rings (SSSR count). The maximum Gasteiger partial charge on any atom is 0.451 e. The van der Waals surface area contributed by atoms with Crippen molar-refractivity contribution in [1.29, 1.82) is 0 Å². The summed E-state index contributed by atoms with van der Waals surface area (Å²) in [6.45, 7) is 0. The molecular weight excluding hydrogens is 323 g/mol. The molecule has 0 aliphatic carbocycles. The second-order valence-electron chi connectivity index (χ2n) is 3.53. The molecule has 0 spiro atoms. The van der Waals surface area contributed by atoms with Crippen molar-refractivity contribution in [3.05, 3.63) is 46.9 Å². The summed E-state index contributed by atoms with van der Waals surface area (Å²) in [7, 11) is 0. The summed E-state index contributed by atoms with van der Waals surface area (Å²) >= 11 is 6.19. The summed E-state index contributed by atoms with van der Waals surface area (Å²) in [6.07, 6.45) is -4.74. The van der Waals surface area contributed by atoms with Gasteiger partial charge in [-0.1, -0.05) is 23.4 Å². The van der Waals surface area contributed by atoms with E-state index >= 15 is 0 Å². The summed E-state index contributed by atoms with van der Waals surface area (Å²) in [4.78, 5) is 6.53. The van der Waals surface area contributed by atoms with Crippen molar-refractivity contribution >= 4 is 23.4 Å². The first-order chi connectivity index (χ1) is 9.25. The van der Waals surface area contributed by atoms with Crippen LogP contribution in [0.1, 0.15) is 5.82 Å². The standard InChI is InChI=1S/C11H4ClF5N2S/c12-8-4-9(19-10(18-8)11(15,16)17)20-5-1-2-6(13)7(14)3-5/h1-4H. The molecule has 0 N–H and O–H groups in total. The molecule has 2 aromatic rings. The average molecular weight is 327 g/mol. The van der Waals surface area contributed by atoms with Gasteiger partial charge < -0.3 is 0 Å². The lowest BCUT2D eigenvalue weighted by atomic mass is 10.3. The van der Waals surface area contributed by atoms with E-state index in [1.807, 2.05) is 0 Å². The van der Waals surface area contributed by atoms with E-state index in [1.54, 1.807) is 0 Å². The van der Waals surface area contributed by atoms with Crippen LogP contribution in [0.15, 0.2) is 34.2 Å². The first-order valence-corrected chi connectivity index (χ1v) is 6.20. The maximum atomic E-state index is 13.0. The Hall–Kier alpha value is -1.41. The molecule has 9 heteroatoms. The van der Waals surface area contributed by atoms with Crippen LogP contribution < -0.4 is 0 Å². The highest BCUT2D eigenvalue weighted by Crippen LogP contribution is 2.32. The van der Waals surface area contributed by atoms with Gasteiger partial charge in [0.1, 0.15) is 10.2 Å². The minimum atomic E-state index is -4.74. The topological polar surface area (TPSA) is 25.8 Å². The Morgan fingerprint density at radius 3 is 2.30 bits per heavy atom. The average Bonchev–Trinajstić information content (AvgIpc) is 2.32. The first-order valence-electron chi connectivity index (χ1n) is 5.00. The van der Waals surface area contributed by atoms with E-state index in [4.69, 9.17) is 11.6 Å². The second kappa shape index (κ2) is 5.53. The van der Waals surface area contributed by atoms with Crippen molar-refractivity contribution in [2.24, 2.45) is 0 Å². The van der Waals surface area contributed by atoms with Gasteiger partial charge in [-0.25, -0.2) is 18.7 Å². The number of alkyl halides is 3. The summed E-state index contributed by atoms with van der Waals surface area (Å²) in [5.41, 5.74) is 0. The maximum absolute atomic E-state index is 13.0. The molecule has 0 amide bonds. The van der Waals surface area contributed by atoms with Gasteiger partial charge in [0, 0.05) is 11.0 Å². The summed E-state index contributed by atoms with van der Waals surface area (Å²) < 4.78 is 63.2. The van der Waals surface area contributed by atoms with Crippen LogP contribution in [0.3, 0.4) is 0 Å². The molecule has 0 radical (unpaired) electrons. The Balaban J connectivity index is 2.33. The zero-order valence-electron chi connectivity index (χ0n) is 9.38. The number of rotatable bonds is 2. The third-order valence-corrected chi connectivity index (χ3v) is 3.14. The van der Waals surface area contributed by atoms with Gasteiger partial charge in [-0.3, -0.25) is 0 Å². The molecule has 2 nitrogen and oxygen atoms in total. The van der Waals surface area contributed by atoms with Crippen LogP contribution in [0, 0.1) is 11.6 Å². The molecule has 0 aliphatic rings. The fraction of sp³-hybridized carbons (Fsp3) is 0.0909. The van der Waals surface area contributed by atoms with Crippen LogP contribution in [-0.2, 0) is 6.18 Å². The Labute approximate surface area is 119 Å². The predicted octanol–water partition coefficient (Wildman–Crippen LogP) is 4.58. The van der Waals surface area contributed by atoms with E-state index in [9.17, 15) is 22.0 Å². The van der Waals surface area contributed by atoms with Gasteiger partial charge in [-0.2, -0.15) is 13.2 Å². The highest BCUT2D eigenvalue weighted by molar-refractivity contribution is 7.99. The third kappa shape index (κ3) is 3.57. The van der Waals surface area contributed by atoms with Crippen molar-refractivity contribution in [3.63, 3.8) is 0 Å². The fourth-order valence-electron chi connectivity index (χ4n) is 1.24. The molecule has 1 heterocycles. The molecular formula is C11H4ClF5N2S. The number of nitrogens with zero attached hydrogens (tertiary/aromatic N) is 2. The quantitative estimate of drug-likeness (QED) is 0.597. The van der Waals surface area contributed by atoms with Crippen LogP contribution in [0.5, 0.6) is 0 Å². The monoisotopic (exact) mass is 326 g/mol. The summed E-state index contributed by atoms with van der Waals surface area (Å²) in [5.74, 6) is -3.55. The van der Waals surface area contributed by atoms with Crippen LogP contribution in [0.25, 0.3) is 0 Å². The van der Waals surface area contributed by atoms with E-state index in [-0.39, 0.29) is 9.92 Å². The molecule has 0 bridgehead atoms. The zero-order valence-corrected chi connectivity index (χ0v) is 11.0. The van der Waals surface area contributed by atoms with Crippen molar-refractivity contribution in [2.45, 2.75) is 16.1 Å². The lowest BCUT2D eigenvalue weighted by Gasteiger charge is -2.07. The van der Waals surface area contributed by atoms with E-state index < -0.39 is 28.8 Å². The van der Waals surface area contributed by atoms with Crippen molar-refractivity contribution < 1.29 is 22.0 Å². The molecule has 0 aliphatic heterocycles. The minimum absolute atomic E-state index is 0.122. The van der Waals surface area contributed by atoms with Crippen molar-refractivity contribution in [3.8, 4) is 0 Å². The zero-order chi connectivity index (χ0) is 14.9. The van der Waals surface area contributed by atoms with Gasteiger partial charge in [0.25, 0.3) is 0 Å². The van der Waals surface area contributed by atoms with Crippen LogP contribution in [0.4, 0.5) is 22.0 Å². The van der Waals surface area contributed by atoms with Crippen molar-refractivity contribution in [1.82, 2.24) is 9.97 Å². The molecule has 0 saturated heterocycles. The molecule has 1 aromatic carbocycles. The number of aromatic nitrogens is 2. The van der Waals surface area contributed by atoms with E-state index in [1.165, 1.54) is 6.07 Å². The Morgan fingerprint density at radius 1 is 1.00 bits per heavy atom. The third-order valence-electron chi connectivity index (χ3n) is 2.04. The number of hydrogen-bond donors (Lipinski definition) is 0. The number of hydrogen-bond acceptors (Lipinski definition) is 3.